The molecule has 0 aromatic heterocycles. The van der Waals surface area contributed by atoms with Gasteiger partial charge in [0.25, 0.3) is 0 Å². The Labute approximate surface area is 132 Å². The predicted molar refractivity (Wildman–Crippen MR) is 81.6 cm³/mol. The van der Waals surface area contributed by atoms with Crippen molar-refractivity contribution in [2.45, 2.75) is 24.8 Å². The maximum absolute atomic E-state index is 12.7. The Hall–Kier alpha value is -1.76. The molecule has 1 atom stereocenters. The standard InChI is InChI=1S/C15H18FNO4S/c16-11-3-5-12(6-4-11)21-8-1-2-13(18)17-15(14(19)20)7-9-22-10-15/h3-6H,1-2,7-10H2,(H,17,18)(H,19,20). The van der Waals surface area contributed by atoms with Gasteiger partial charge >= 0.3 is 5.97 Å². The molecule has 0 saturated carbocycles. The summed E-state index contributed by atoms with van der Waals surface area (Å²) < 4.78 is 18.1. The lowest BCUT2D eigenvalue weighted by molar-refractivity contribution is -0.146. The number of carbonyl (C=O) groups is 2. The van der Waals surface area contributed by atoms with Crippen molar-refractivity contribution in [1.82, 2.24) is 5.32 Å². The Bertz CT molecular complexity index is 529. The smallest absolute Gasteiger partial charge is 0.330 e. The monoisotopic (exact) mass is 327 g/mol. The summed E-state index contributed by atoms with van der Waals surface area (Å²) in [5.74, 6) is 0.0811. The maximum atomic E-state index is 12.7. The fraction of sp³-hybridized carbons (Fsp3) is 0.467. The normalized spacial score (nSPS) is 20.6. The van der Waals surface area contributed by atoms with Gasteiger partial charge < -0.3 is 15.2 Å². The Morgan fingerprint density at radius 2 is 2.09 bits per heavy atom. The minimum Gasteiger partial charge on any atom is -0.494 e. The number of amides is 1. The number of nitrogens with one attached hydrogen (secondary N) is 1. The summed E-state index contributed by atoms with van der Waals surface area (Å²) in [5.41, 5.74) is -1.13. The molecule has 1 aliphatic rings. The lowest BCUT2D eigenvalue weighted by Gasteiger charge is -2.24. The average molecular weight is 327 g/mol. The van der Waals surface area contributed by atoms with Gasteiger partial charge in [-0.3, -0.25) is 4.79 Å². The zero-order valence-electron chi connectivity index (χ0n) is 12.0. The third-order valence-corrected chi connectivity index (χ3v) is 4.63. The van der Waals surface area contributed by atoms with E-state index >= 15 is 0 Å². The van der Waals surface area contributed by atoms with Gasteiger partial charge in [-0.05, 0) is 42.9 Å². The number of ether oxygens (including phenoxy) is 1. The number of thioether (sulfide) groups is 1. The summed E-state index contributed by atoms with van der Waals surface area (Å²) in [6.07, 6.45) is 1.11. The largest absolute Gasteiger partial charge is 0.494 e. The van der Waals surface area contributed by atoms with Gasteiger partial charge in [-0.1, -0.05) is 0 Å². The molecule has 0 spiro atoms. The number of carboxylic acids is 1. The van der Waals surface area contributed by atoms with E-state index in [1.165, 1.54) is 36.0 Å². The lowest BCUT2D eigenvalue weighted by Crippen LogP contribution is -2.54. The fourth-order valence-corrected chi connectivity index (χ4v) is 3.49. The minimum absolute atomic E-state index is 0.195. The second-order valence-corrected chi connectivity index (χ2v) is 6.25. The van der Waals surface area contributed by atoms with E-state index < -0.39 is 11.5 Å². The van der Waals surface area contributed by atoms with Gasteiger partial charge in [0.05, 0.1) is 6.61 Å². The van der Waals surface area contributed by atoms with Crippen LogP contribution < -0.4 is 10.1 Å². The van der Waals surface area contributed by atoms with Crippen molar-refractivity contribution in [2.24, 2.45) is 0 Å². The van der Waals surface area contributed by atoms with Crippen LogP contribution in [0.25, 0.3) is 0 Å². The summed E-state index contributed by atoms with van der Waals surface area (Å²) in [6, 6.07) is 5.64. The van der Waals surface area contributed by atoms with Crippen LogP contribution in [0, 0.1) is 5.82 Å². The SMILES string of the molecule is O=C(CCCOc1ccc(F)cc1)NC1(C(=O)O)CCSC1. The van der Waals surface area contributed by atoms with Crippen LogP contribution in [0.4, 0.5) is 4.39 Å². The number of rotatable bonds is 7. The van der Waals surface area contributed by atoms with Crippen molar-refractivity contribution in [2.75, 3.05) is 18.1 Å². The molecular formula is C15H18FNO4S. The number of hydrogen-bond donors (Lipinski definition) is 2. The molecule has 0 bridgehead atoms. The number of halogens is 1. The highest BCUT2D eigenvalue weighted by molar-refractivity contribution is 7.99. The Morgan fingerprint density at radius 1 is 1.36 bits per heavy atom. The summed E-state index contributed by atoms with van der Waals surface area (Å²) >= 11 is 1.53. The molecule has 1 unspecified atom stereocenters. The molecule has 1 heterocycles. The molecule has 0 radical (unpaired) electrons. The molecule has 5 nitrogen and oxygen atoms in total. The lowest BCUT2D eigenvalue weighted by atomic mass is 9.99. The third kappa shape index (κ3) is 4.37. The van der Waals surface area contributed by atoms with Crippen molar-refractivity contribution in [1.29, 1.82) is 0 Å². The molecule has 1 aromatic rings. The highest BCUT2D eigenvalue weighted by atomic mass is 32.2. The van der Waals surface area contributed by atoms with Crippen molar-refractivity contribution in [3.63, 3.8) is 0 Å². The molecule has 22 heavy (non-hydrogen) atoms. The third-order valence-electron chi connectivity index (χ3n) is 3.44. The molecule has 2 N–H and O–H groups in total. The maximum Gasteiger partial charge on any atom is 0.330 e. The van der Waals surface area contributed by atoms with Crippen LogP contribution in [0.2, 0.25) is 0 Å². The van der Waals surface area contributed by atoms with Crippen LogP contribution in [0.3, 0.4) is 0 Å². The van der Waals surface area contributed by atoms with E-state index in [1.54, 1.807) is 0 Å². The second kappa shape index (κ2) is 7.49. The summed E-state index contributed by atoms with van der Waals surface area (Å²) in [6.45, 7) is 0.313. The number of hydrogen-bond acceptors (Lipinski definition) is 4. The van der Waals surface area contributed by atoms with Crippen molar-refractivity contribution in [3.05, 3.63) is 30.1 Å². The predicted octanol–water partition coefficient (Wildman–Crippen LogP) is 2.06. The average Bonchev–Trinajstić information content (AvgIpc) is 2.95. The van der Waals surface area contributed by atoms with E-state index in [-0.39, 0.29) is 18.1 Å². The van der Waals surface area contributed by atoms with Crippen molar-refractivity contribution in [3.8, 4) is 5.75 Å². The van der Waals surface area contributed by atoms with E-state index in [1.807, 2.05) is 0 Å². The zero-order valence-corrected chi connectivity index (χ0v) is 12.8. The van der Waals surface area contributed by atoms with Crippen LogP contribution in [0.1, 0.15) is 19.3 Å². The zero-order chi connectivity index (χ0) is 16.0. The summed E-state index contributed by atoms with van der Waals surface area (Å²) in [4.78, 5) is 23.2. The molecule has 1 aliphatic heterocycles. The van der Waals surface area contributed by atoms with E-state index in [0.29, 0.717) is 31.0 Å². The van der Waals surface area contributed by atoms with Crippen LogP contribution in [0.15, 0.2) is 24.3 Å². The molecule has 1 aromatic carbocycles. The molecular weight excluding hydrogens is 309 g/mol. The van der Waals surface area contributed by atoms with Gasteiger partial charge in [0.15, 0.2) is 0 Å². The Balaban J connectivity index is 1.71. The van der Waals surface area contributed by atoms with Gasteiger partial charge in [-0.2, -0.15) is 11.8 Å². The Morgan fingerprint density at radius 3 is 2.68 bits per heavy atom. The summed E-state index contributed by atoms with van der Waals surface area (Å²) in [7, 11) is 0. The Kier molecular flexibility index (Phi) is 5.65. The number of benzene rings is 1. The van der Waals surface area contributed by atoms with Crippen LogP contribution >= 0.6 is 11.8 Å². The van der Waals surface area contributed by atoms with E-state index in [2.05, 4.69) is 5.32 Å². The van der Waals surface area contributed by atoms with Crippen LogP contribution in [0.5, 0.6) is 5.75 Å². The first-order valence-corrected chi connectivity index (χ1v) is 8.18. The van der Waals surface area contributed by atoms with Gasteiger partial charge in [-0.15, -0.1) is 0 Å². The first-order chi connectivity index (χ1) is 10.5. The van der Waals surface area contributed by atoms with Crippen molar-refractivity contribution < 1.29 is 23.8 Å². The summed E-state index contributed by atoms with van der Waals surface area (Å²) in [5, 5.41) is 11.9. The molecule has 2 rings (SSSR count). The molecule has 0 aliphatic carbocycles. The molecule has 1 fully saturated rings. The van der Waals surface area contributed by atoms with Gasteiger partial charge in [-0.25, -0.2) is 9.18 Å². The van der Waals surface area contributed by atoms with Gasteiger partial charge in [0.2, 0.25) is 5.91 Å². The highest BCUT2D eigenvalue weighted by Gasteiger charge is 2.43. The fourth-order valence-electron chi connectivity index (χ4n) is 2.17. The van der Waals surface area contributed by atoms with E-state index in [4.69, 9.17) is 4.74 Å². The van der Waals surface area contributed by atoms with E-state index in [0.717, 1.165) is 5.75 Å². The first kappa shape index (κ1) is 16.6. The van der Waals surface area contributed by atoms with E-state index in [9.17, 15) is 19.1 Å². The van der Waals surface area contributed by atoms with Gasteiger partial charge in [0, 0.05) is 12.2 Å². The number of aliphatic carboxylic acids is 1. The second-order valence-electron chi connectivity index (χ2n) is 5.14. The topological polar surface area (TPSA) is 75.6 Å². The number of carbonyl (C=O) groups excluding carboxylic acids is 1. The van der Waals surface area contributed by atoms with Crippen LogP contribution in [-0.4, -0.2) is 40.6 Å². The molecule has 7 heteroatoms. The molecule has 120 valence electrons. The highest BCUT2D eigenvalue weighted by Crippen LogP contribution is 2.28. The molecule has 1 saturated heterocycles. The van der Waals surface area contributed by atoms with Crippen molar-refractivity contribution >= 4 is 23.6 Å². The van der Waals surface area contributed by atoms with Gasteiger partial charge in [0.1, 0.15) is 17.1 Å². The first-order valence-electron chi connectivity index (χ1n) is 7.02. The molecule has 1 amide bonds. The minimum atomic E-state index is -1.13. The quantitative estimate of drug-likeness (QED) is 0.750. The van der Waals surface area contributed by atoms with Crippen LogP contribution in [-0.2, 0) is 9.59 Å². The number of carboxylic acid groups (broad SMARTS) is 1.